The van der Waals surface area contributed by atoms with Crippen LogP contribution in [0.3, 0.4) is 0 Å². The number of benzene rings is 1. The lowest BCUT2D eigenvalue weighted by atomic mass is 10.3. The molecule has 0 saturated carbocycles. The first kappa shape index (κ1) is 7.09. The van der Waals surface area contributed by atoms with Crippen molar-refractivity contribution in [3.05, 3.63) is 27.1 Å². The third-order valence-electron chi connectivity index (χ3n) is 0.894. The first-order chi connectivity index (χ1) is 4.20. The molecule has 3 heteroatoms. The molecule has 1 radical (unpaired) electrons. The molecule has 0 bridgehead atoms. The van der Waals surface area contributed by atoms with Crippen LogP contribution in [-0.2, 0) is 5.11 Å². The molecule has 0 aliphatic rings. The van der Waals surface area contributed by atoms with Gasteiger partial charge in [0, 0.05) is 4.47 Å². The highest BCUT2D eigenvalue weighted by molar-refractivity contribution is 9.11. The quantitative estimate of drug-likeness (QED) is 0.673. The monoisotopic (exact) mass is 249 g/mol. The minimum atomic E-state index is 0.0122. The molecule has 0 amide bonds. The van der Waals surface area contributed by atoms with Crippen molar-refractivity contribution in [2.75, 3.05) is 0 Å². The van der Waals surface area contributed by atoms with Crippen molar-refractivity contribution in [1.82, 2.24) is 0 Å². The summed E-state index contributed by atoms with van der Waals surface area (Å²) in [5.74, 6) is 0.0122. The van der Waals surface area contributed by atoms with E-state index in [1.165, 1.54) is 6.07 Å². The van der Waals surface area contributed by atoms with Crippen LogP contribution < -0.4 is 0 Å². The Hall–Kier alpha value is -0.0200. The van der Waals surface area contributed by atoms with Crippen LogP contribution in [0.1, 0.15) is 0 Å². The number of rotatable bonds is 0. The smallest absolute Gasteiger partial charge is 0.192 e. The molecule has 0 saturated heterocycles. The van der Waals surface area contributed by atoms with Gasteiger partial charge in [0.05, 0.1) is 4.47 Å². The van der Waals surface area contributed by atoms with E-state index in [9.17, 15) is 5.11 Å². The SMILES string of the molecule is [O]c1ccc(Br)cc1Br. The summed E-state index contributed by atoms with van der Waals surface area (Å²) in [4.78, 5) is 0. The third-order valence-corrected chi connectivity index (χ3v) is 2.01. The van der Waals surface area contributed by atoms with Crippen LogP contribution in [0, 0.1) is 0 Å². The van der Waals surface area contributed by atoms with Gasteiger partial charge in [0.15, 0.2) is 5.75 Å². The molecule has 1 rings (SSSR count). The Labute approximate surface area is 70.0 Å². The lowest BCUT2D eigenvalue weighted by Gasteiger charge is -1.91. The van der Waals surface area contributed by atoms with E-state index >= 15 is 0 Å². The zero-order valence-electron chi connectivity index (χ0n) is 4.40. The second kappa shape index (κ2) is 2.71. The molecule has 0 spiro atoms. The first-order valence-electron chi connectivity index (χ1n) is 2.32. The second-order valence-corrected chi connectivity index (χ2v) is 3.34. The summed E-state index contributed by atoms with van der Waals surface area (Å²) in [5, 5.41) is 10.7. The van der Waals surface area contributed by atoms with E-state index < -0.39 is 0 Å². The predicted molar refractivity (Wildman–Crippen MR) is 42.0 cm³/mol. The Balaban J connectivity index is 3.17. The molecule has 1 nitrogen and oxygen atoms in total. The van der Waals surface area contributed by atoms with Crippen molar-refractivity contribution >= 4 is 31.9 Å². The minimum absolute atomic E-state index is 0.0122. The summed E-state index contributed by atoms with van der Waals surface area (Å²) in [6, 6.07) is 4.95. The highest BCUT2D eigenvalue weighted by Crippen LogP contribution is 2.26. The molecule has 0 aliphatic heterocycles. The Kier molecular flexibility index (Phi) is 2.13. The minimum Gasteiger partial charge on any atom is -0.289 e. The van der Waals surface area contributed by atoms with Crippen LogP contribution in [0.5, 0.6) is 5.75 Å². The molecule has 0 heterocycles. The van der Waals surface area contributed by atoms with Crippen LogP contribution in [0.2, 0.25) is 0 Å². The van der Waals surface area contributed by atoms with Gasteiger partial charge in [-0.1, -0.05) is 15.9 Å². The van der Waals surface area contributed by atoms with E-state index in [1.54, 1.807) is 12.1 Å². The van der Waals surface area contributed by atoms with Gasteiger partial charge in [-0.05, 0) is 34.1 Å². The Bertz CT molecular complexity index is 222. The van der Waals surface area contributed by atoms with Gasteiger partial charge in [-0.15, -0.1) is 0 Å². The van der Waals surface area contributed by atoms with Crippen molar-refractivity contribution in [1.29, 1.82) is 0 Å². The van der Waals surface area contributed by atoms with Gasteiger partial charge in [-0.25, -0.2) is 0 Å². The molecule has 0 aliphatic carbocycles. The zero-order chi connectivity index (χ0) is 6.85. The molecule has 0 fully saturated rings. The van der Waals surface area contributed by atoms with Crippen molar-refractivity contribution in [2.45, 2.75) is 0 Å². The van der Waals surface area contributed by atoms with E-state index in [0.29, 0.717) is 4.47 Å². The van der Waals surface area contributed by atoms with Crippen LogP contribution in [0.25, 0.3) is 0 Å². The number of hydrogen-bond donors (Lipinski definition) is 0. The number of halogens is 2. The summed E-state index contributed by atoms with van der Waals surface area (Å²) < 4.78 is 1.51. The Morgan fingerprint density at radius 3 is 2.33 bits per heavy atom. The Morgan fingerprint density at radius 2 is 1.89 bits per heavy atom. The van der Waals surface area contributed by atoms with Gasteiger partial charge >= 0.3 is 0 Å². The highest BCUT2D eigenvalue weighted by atomic mass is 79.9. The maximum absolute atomic E-state index is 10.7. The van der Waals surface area contributed by atoms with E-state index in [-0.39, 0.29) is 5.75 Å². The van der Waals surface area contributed by atoms with E-state index in [4.69, 9.17) is 0 Å². The fourth-order valence-electron chi connectivity index (χ4n) is 0.475. The maximum atomic E-state index is 10.7. The van der Waals surface area contributed by atoms with Gasteiger partial charge in [0.1, 0.15) is 0 Å². The van der Waals surface area contributed by atoms with Crippen LogP contribution in [0.15, 0.2) is 27.1 Å². The summed E-state index contributed by atoms with van der Waals surface area (Å²) in [6.07, 6.45) is 0. The summed E-state index contributed by atoms with van der Waals surface area (Å²) in [6.45, 7) is 0. The molecule has 0 aromatic heterocycles. The van der Waals surface area contributed by atoms with E-state index in [1.807, 2.05) is 0 Å². The van der Waals surface area contributed by atoms with Gasteiger partial charge in [-0.3, -0.25) is 5.11 Å². The standard InChI is InChI=1S/C6H3Br2O/c7-4-1-2-6(9)5(8)3-4/h1-3H. The van der Waals surface area contributed by atoms with Crippen molar-refractivity contribution in [2.24, 2.45) is 0 Å². The molecule has 0 N–H and O–H groups in total. The predicted octanol–water partition coefficient (Wildman–Crippen LogP) is 3.36. The zero-order valence-corrected chi connectivity index (χ0v) is 7.57. The van der Waals surface area contributed by atoms with Crippen molar-refractivity contribution in [3.8, 4) is 5.75 Å². The van der Waals surface area contributed by atoms with Crippen LogP contribution in [-0.4, -0.2) is 0 Å². The lowest BCUT2D eigenvalue weighted by molar-refractivity contribution is 0.352. The van der Waals surface area contributed by atoms with E-state index in [0.717, 1.165) is 4.47 Å². The first-order valence-corrected chi connectivity index (χ1v) is 3.91. The van der Waals surface area contributed by atoms with Gasteiger partial charge in [-0.2, -0.15) is 0 Å². The molecule has 47 valence electrons. The van der Waals surface area contributed by atoms with Crippen molar-refractivity contribution < 1.29 is 5.11 Å². The molecule has 9 heavy (non-hydrogen) atoms. The topological polar surface area (TPSA) is 19.9 Å². The largest absolute Gasteiger partial charge is 0.289 e. The lowest BCUT2D eigenvalue weighted by Crippen LogP contribution is -1.65. The average molecular weight is 251 g/mol. The maximum Gasteiger partial charge on any atom is 0.192 e. The molecule has 1 aromatic rings. The molecule has 0 unspecified atom stereocenters. The Morgan fingerprint density at radius 1 is 1.22 bits per heavy atom. The molecular formula is C6H3Br2O. The molecule has 1 aromatic carbocycles. The number of hydrogen-bond acceptors (Lipinski definition) is 0. The second-order valence-electron chi connectivity index (χ2n) is 1.57. The molecule has 0 atom stereocenters. The van der Waals surface area contributed by atoms with Gasteiger partial charge < -0.3 is 0 Å². The average Bonchev–Trinajstić information content (AvgIpc) is 1.80. The molecular weight excluding hydrogens is 248 g/mol. The highest BCUT2D eigenvalue weighted by Gasteiger charge is 1.97. The van der Waals surface area contributed by atoms with Gasteiger partial charge in [0.25, 0.3) is 0 Å². The summed E-state index contributed by atoms with van der Waals surface area (Å²) in [7, 11) is 0. The van der Waals surface area contributed by atoms with Crippen LogP contribution in [0.4, 0.5) is 0 Å². The van der Waals surface area contributed by atoms with E-state index in [2.05, 4.69) is 31.9 Å². The fraction of sp³-hybridized carbons (Fsp3) is 0. The normalized spacial score (nSPS) is 9.56. The fourth-order valence-corrected chi connectivity index (χ4v) is 1.52. The summed E-state index contributed by atoms with van der Waals surface area (Å²) in [5.41, 5.74) is 0. The van der Waals surface area contributed by atoms with Crippen molar-refractivity contribution in [3.63, 3.8) is 0 Å². The van der Waals surface area contributed by atoms with Gasteiger partial charge in [0.2, 0.25) is 0 Å². The summed E-state index contributed by atoms with van der Waals surface area (Å²) >= 11 is 6.33. The third kappa shape index (κ3) is 1.69. The van der Waals surface area contributed by atoms with Crippen LogP contribution >= 0.6 is 31.9 Å².